The van der Waals surface area contributed by atoms with Gasteiger partial charge in [0.2, 0.25) is 0 Å². The highest BCUT2D eigenvalue weighted by atomic mass is 35.5. The molecule has 0 heterocycles. The van der Waals surface area contributed by atoms with Crippen LogP contribution < -0.4 is 4.43 Å². The fourth-order valence-electron chi connectivity index (χ4n) is 3.86. The Balaban J connectivity index is 2.56. The van der Waals surface area contributed by atoms with Crippen LogP contribution in [0.4, 0.5) is 0 Å². The second-order valence-corrected chi connectivity index (χ2v) is 12.9. The minimum atomic E-state index is -1.93. The summed E-state index contributed by atoms with van der Waals surface area (Å²) in [5.74, 6) is 1.01. The first-order chi connectivity index (χ1) is 10.3. The van der Waals surface area contributed by atoms with Crippen molar-refractivity contribution in [2.45, 2.75) is 58.2 Å². The Morgan fingerprint density at radius 1 is 0.864 bits per heavy atom. The number of benzene rings is 2. The Morgan fingerprint density at radius 2 is 1.45 bits per heavy atom. The summed E-state index contributed by atoms with van der Waals surface area (Å²) < 4.78 is 6.84. The topological polar surface area (TPSA) is 9.23 Å². The first-order valence-corrected chi connectivity index (χ1v) is 10.7. The molecule has 22 heavy (non-hydrogen) atoms. The second-order valence-electron chi connectivity index (χ2n) is 7.04. The largest absolute Gasteiger partial charge is 0.542 e. The Morgan fingerprint density at radius 3 is 2.00 bits per heavy atom. The monoisotopic (exact) mass is 334 g/mol. The predicted octanol–water partition coefficient (Wildman–Crippen LogP) is 7.05. The molecule has 2 rings (SSSR count). The lowest BCUT2D eigenvalue weighted by molar-refractivity contribution is 0.484. The molecule has 120 valence electrons. The maximum Gasteiger partial charge on any atom is 0.258 e. The molecule has 0 unspecified atom stereocenters. The predicted molar refractivity (Wildman–Crippen MR) is 101 cm³/mol. The first kappa shape index (κ1) is 17.4. The maximum atomic E-state index is 6.84. The van der Waals surface area contributed by atoms with Gasteiger partial charge in [-0.25, -0.2) is 0 Å². The molecule has 0 radical (unpaired) electrons. The molecule has 0 bridgehead atoms. The van der Waals surface area contributed by atoms with Crippen LogP contribution in [-0.2, 0) is 0 Å². The molecule has 0 N–H and O–H groups in total. The van der Waals surface area contributed by atoms with E-state index in [2.05, 4.69) is 65.8 Å². The average molecular weight is 335 g/mol. The van der Waals surface area contributed by atoms with Crippen molar-refractivity contribution in [1.82, 2.24) is 0 Å². The Hall–Kier alpha value is -0.993. The molecular formula is C19H27ClOSi. The molecule has 0 atom stereocenters. The number of hydrogen-bond donors (Lipinski definition) is 0. The Kier molecular flexibility index (Phi) is 5.24. The van der Waals surface area contributed by atoms with Crippen LogP contribution >= 0.6 is 11.6 Å². The molecule has 0 aliphatic carbocycles. The molecule has 0 fully saturated rings. The van der Waals surface area contributed by atoms with Crippen LogP contribution in [0.25, 0.3) is 10.8 Å². The lowest BCUT2D eigenvalue weighted by Crippen LogP contribution is -2.50. The maximum absolute atomic E-state index is 6.84. The van der Waals surface area contributed by atoms with Crippen LogP contribution in [0.5, 0.6) is 5.75 Å². The van der Waals surface area contributed by atoms with Gasteiger partial charge in [0.15, 0.2) is 0 Å². The molecule has 0 spiro atoms. The molecule has 3 heteroatoms. The van der Waals surface area contributed by atoms with Crippen LogP contribution in [0.15, 0.2) is 36.4 Å². The molecule has 0 aliphatic heterocycles. The zero-order valence-corrected chi connectivity index (χ0v) is 16.2. The number of hydrogen-bond acceptors (Lipinski definition) is 1. The smallest absolute Gasteiger partial charge is 0.258 e. The normalized spacial score (nSPS) is 12.6. The van der Waals surface area contributed by atoms with Gasteiger partial charge in [0, 0.05) is 10.4 Å². The minimum Gasteiger partial charge on any atom is -0.542 e. The zero-order valence-electron chi connectivity index (χ0n) is 14.5. The van der Waals surface area contributed by atoms with E-state index in [1.807, 2.05) is 12.1 Å². The summed E-state index contributed by atoms with van der Waals surface area (Å²) >= 11 is 6.12. The van der Waals surface area contributed by atoms with Gasteiger partial charge in [0.25, 0.3) is 8.32 Å². The number of halogens is 1. The molecule has 2 aromatic rings. The third-order valence-corrected chi connectivity index (χ3v) is 11.0. The fourth-order valence-corrected chi connectivity index (χ4v) is 9.30. The van der Waals surface area contributed by atoms with Crippen molar-refractivity contribution in [1.29, 1.82) is 0 Å². The van der Waals surface area contributed by atoms with Crippen molar-refractivity contribution < 1.29 is 4.43 Å². The van der Waals surface area contributed by atoms with Gasteiger partial charge in [-0.3, -0.25) is 0 Å². The van der Waals surface area contributed by atoms with E-state index in [0.29, 0.717) is 16.6 Å². The van der Waals surface area contributed by atoms with Gasteiger partial charge >= 0.3 is 0 Å². The third-order valence-electron chi connectivity index (χ3n) is 4.80. The molecule has 0 amide bonds. The number of fused-ring (bicyclic) bond motifs is 1. The van der Waals surface area contributed by atoms with Crippen LogP contribution in [0.2, 0.25) is 21.6 Å². The summed E-state index contributed by atoms with van der Waals surface area (Å²) in [7, 11) is -1.93. The van der Waals surface area contributed by atoms with E-state index >= 15 is 0 Å². The summed E-state index contributed by atoms with van der Waals surface area (Å²) in [5.41, 5.74) is 1.69. The van der Waals surface area contributed by atoms with Gasteiger partial charge in [0.05, 0.1) is 0 Å². The molecule has 0 aromatic heterocycles. The highest BCUT2D eigenvalue weighted by Crippen LogP contribution is 2.44. The van der Waals surface area contributed by atoms with E-state index < -0.39 is 8.32 Å². The van der Waals surface area contributed by atoms with Crippen molar-refractivity contribution in [3.63, 3.8) is 0 Å². The van der Waals surface area contributed by atoms with E-state index in [-0.39, 0.29) is 0 Å². The summed E-state index contributed by atoms with van der Waals surface area (Å²) in [6.45, 7) is 13.9. The molecule has 0 saturated carbocycles. The van der Waals surface area contributed by atoms with Gasteiger partial charge in [-0.1, -0.05) is 65.3 Å². The van der Waals surface area contributed by atoms with Crippen molar-refractivity contribution in [3.8, 4) is 5.75 Å². The molecule has 0 aliphatic rings. The third kappa shape index (κ3) is 3.04. The standard InChI is InChI=1S/C19H27ClOSi/c1-13(2)22(14(3)4,15(5)6)21-19-9-7-8-16-12-17(20)10-11-18(16)19/h7-15H,1-6H3. The SMILES string of the molecule is CC(C)[Si](Oc1cccc2cc(Cl)ccc12)(C(C)C)C(C)C. The van der Waals surface area contributed by atoms with E-state index in [4.69, 9.17) is 16.0 Å². The zero-order chi connectivity index (χ0) is 16.5. The molecule has 0 saturated heterocycles. The summed E-state index contributed by atoms with van der Waals surface area (Å²) in [4.78, 5) is 0. The lowest BCUT2D eigenvalue weighted by Gasteiger charge is -2.42. The van der Waals surface area contributed by atoms with Gasteiger partial charge in [-0.2, -0.15) is 0 Å². The highest BCUT2D eigenvalue weighted by Gasteiger charge is 2.47. The van der Waals surface area contributed by atoms with Crippen molar-refractivity contribution >= 4 is 30.7 Å². The van der Waals surface area contributed by atoms with Crippen LogP contribution in [-0.4, -0.2) is 8.32 Å². The quantitative estimate of drug-likeness (QED) is 0.532. The fraction of sp³-hybridized carbons (Fsp3) is 0.474. The molecular weight excluding hydrogens is 308 g/mol. The highest BCUT2D eigenvalue weighted by molar-refractivity contribution is 6.78. The van der Waals surface area contributed by atoms with Crippen LogP contribution in [0, 0.1) is 0 Å². The van der Waals surface area contributed by atoms with E-state index in [1.54, 1.807) is 0 Å². The van der Waals surface area contributed by atoms with Crippen molar-refractivity contribution in [2.24, 2.45) is 0 Å². The van der Waals surface area contributed by atoms with E-state index in [0.717, 1.165) is 21.5 Å². The van der Waals surface area contributed by atoms with Crippen LogP contribution in [0.3, 0.4) is 0 Å². The summed E-state index contributed by atoms with van der Waals surface area (Å²) in [6, 6.07) is 12.3. The van der Waals surface area contributed by atoms with Gasteiger partial charge in [0.1, 0.15) is 5.75 Å². The summed E-state index contributed by atoms with van der Waals surface area (Å²) in [6.07, 6.45) is 0. The minimum absolute atomic E-state index is 0.565. The Labute approximate surface area is 140 Å². The second kappa shape index (κ2) is 6.63. The van der Waals surface area contributed by atoms with Crippen molar-refractivity contribution in [2.75, 3.05) is 0 Å². The number of rotatable bonds is 5. The van der Waals surface area contributed by atoms with E-state index in [9.17, 15) is 0 Å². The van der Waals surface area contributed by atoms with Gasteiger partial charge in [-0.05, 0) is 46.3 Å². The van der Waals surface area contributed by atoms with Crippen LogP contribution in [0.1, 0.15) is 41.5 Å². The average Bonchev–Trinajstić information content (AvgIpc) is 2.43. The van der Waals surface area contributed by atoms with Crippen molar-refractivity contribution in [3.05, 3.63) is 41.4 Å². The molecule has 2 aromatic carbocycles. The van der Waals surface area contributed by atoms with E-state index in [1.165, 1.54) is 0 Å². The first-order valence-electron chi connectivity index (χ1n) is 8.16. The molecule has 1 nitrogen and oxygen atoms in total. The lowest BCUT2D eigenvalue weighted by atomic mass is 10.1. The Bertz CT molecular complexity index is 627. The van der Waals surface area contributed by atoms with Gasteiger partial charge < -0.3 is 4.43 Å². The summed E-state index contributed by atoms with van der Waals surface area (Å²) in [5, 5.41) is 3.07. The van der Waals surface area contributed by atoms with Gasteiger partial charge in [-0.15, -0.1) is 0 Å².